The lowest BCUT2D eigenvalue weighted by Gasteiger charge is -2.06. The Morgan fingerprint density at radius 2 is 2.05 bits per heavy atom. The van der Waals surface area contributed by atoms with Crippen LogP contribution in [0.4, 0.5) is 10.1 Å². The Hall–Kier alpha value is -2.70. The lowest BCUT2D eigenvalue weighted by molar-refractivity contribution is -0.131. The molecule has 3 N–H and O–H groups in total. The summed E-state index contributed by atoms with van der Waals surface area (Å²) in [4.78, 5) is 32.3. The third-order valence-electron chi connectivity index (χ3n) is 2.19. The molecule has 20 heavy (non-hydrogen) atoms. The molecule has 0 aliphatic carbocycles. The van der Waals surface area contributed by atoms with Crippen LogP contribution >= 0.6 is 0 Å². The number of carboxylic acid groups (broad SMARTS) is 1. The maximum Gasteiger partial charge on any atom is 0.328 e. The van der Waals surface area contributed by atoms with Crippen LogP contribution in [0.5, 0.6) is 0 Å². The van der Waals surface area contributed by atoms with Crippen molar-refractivity contribution in [2.45, 2.75) is 6.92 Å². The predicted octanol–water partition coefficient (Wildman–Crippen LogP) is 0.998. The van der Waals surface area contributed by atoms with Gasteiger partial charge in [0, 0.05) is 24.3 Å². The molecule has 7 heteroatoms. The van der Waals surface area contributed by atoms with Crippen LogP contribution in [0, 0.1) is 5.82 Å². The molecule has 106 valence electrons. The van der Waals surface area contributed by atoms with Gasteiger partial charge in [-0.25, -0.2) is 9.18 Å². The van der Waals surface area contributed by atoms with Crippen molar-refractivity contribution in [1.82, 2.24) is 5.32 Å². The summed E-state index contributed by atoms with van der Waals surface area (Å²) in [5.41, 5.74) is 0.303. The largest absolute Gasteiger partial charge is 0.478 e. The molecule has 0 atom stereocenters. The van der Waals surface area contributed by atoms with Gasteiger partial charge in [0.1, 0.15) is 5.82 Å². The number of amides is 2. The van der Waals surface area contributed by atoms with E-state index in [1.54, 1.807) is 0 Å². The number of rotatable bonds is 5. The van der Waals surface area contributed by atoms with Crippen molar-refractivity contribution < 1.29 is 23.9 Å². The zero-order valence-electron chi connectivity index (χ0n) is 10.6. The normalized spacial score (nSPS) is 10.3. The zero-order chi connectivity index (χ0) is 15.1. The summed E-state index contributed by atoms with van der Waals surface area (Å²) >= 11 is 0. The maximum absolute atomic E-state index is 13.6. The monoisotopic (exact) mass is 280 g/mol. The van der Waals surface area contributed by atoms with E-state index in [0.29, 0.717) is 0 Å². The van der Waals surface area contributed by atoms with Crippen molar-refractivity contribution >= 4 is 29.5 Å². The van der Waals surface area contributed by atoms with E-state index in [1.807, 2.05) is 0 Å². The summed E-state index contributed by atoms with van der Waals surface area (Å²) in [6.45, 7) is 1.06. The molecule has 0 aliphatic rings. The molecule has 6 nitrogen and oxygen atoms in total. The van der Waals surface area contributed by atoms with Crippen LogP contribution in [0.15, 0.2) is 24.3 Å². The van der Waals surface area contributed by atoms with E-state index in [-0.39, 0.29) is 23.7 Å². The second kappa shape index (κ2) is 7.03. The molecule has 2 amide bonds. The molecular formula is C13H13FN2O4. The van der Waals surface area contributed by atoms with E-state index >= 15 is 0 Å². The highest BCUT2D eigenvalue weighted by Gasteiger charge is 2.06. The number of anilines is 1. The Bertz CT molecular complexity index is 569. The number of aliphatic carboxylic acids is 1. The van der Waals surface area contributed by atoms with Crippen molar-refractivity contribution in [2.75, 3.05) is 11.9 Å². The maximum atomic E-state index is 13.6. The van der Waals surface area contributed by atoms with Crippen LogP contribution in [-0.2, 0) is 14.4 Å². The Morgan fingerprint density at radius 3 is 2.60 bits per heavy atom. The van der Waals surface area contributed by atoms with Gasteiger partial charge in [0.2, 0.25) is 11.8 Å². The fraction of sp³-hybridized carbons (Fsp3) is 0.154. The van der Waals surface area contributed by atoms with Gasteiger partial charge in [0.15, 0.2) is 0 Å². The molecule has 0 unspecified atom stereocenters. The Labute approximate surface area is 114 Å². The fourth-order valence-electron chi connectivity index (χ4n) is 1.31. The van der Waals surface area contributed by atoms with Gasteiger partial charge in [-0.2, -0.15) is 0 Å². The summed E-state index contributed by atoms with van der Waals surface area (Å²) < 4.78 is 13.6. The van der Waals surface area contributed by atoms with Gasteiger partial charge in [0.25, 0.3) is 0 Å². The van der Waals surface area contributed by atoms with E-state index < -0.39 is 17.7 Å². The average Bonchev–Trinajstić information content (AvgIpc) is 2.35. The minimum Gasteiger partial charge on any atom is -0.478 e. The van der Waals surface area contributed by atoms with E-state index in [0.717, 1.165) is 18.2 Å². The number of carbonyl (C=O) groups excluding carboxylic acids is 2. The molecule has 0 bridgehead atoms. The van der Waals surface area contributed by atoms with Crippen molar-refractivity contribution in [2.24, 2.45) is 0 Å². The zero-order valence-corrected chi connectivity index (χ0v) is 10.6. The van der Waals surface area contributed by atoms with Gasteiger partial charge < -0.3 is 15.7 Å². The molecule has 0 fully saturated rings. The van der Waals surface area contributed by atoms with E-state index in [4.69, 9.17) is 5.11 Å². The van der Waals surface area contributed by atoms with Crippen molar-refractivity contribution in [1.29, 1.82) is 0 Å². The predicted molar refractivity (Wildman–Crippen MR) is 70.4 cm³/mol. The molecule has 0 saturated carbocycles. The summed E-state index contributed by atoms with van der Waals surface area (Å²) in [5, 5.41) is 13.1. The van der Waals surface area contributed by atoms with Crippen molar-refractivity contribution in [3.05, 3.63) is 35.7 Å². The van der Waals surface area contributed by atoms with Gasteiger partial charge in [0.05, 0.1) is 6.54 Å². The van der Waals surface area contributed by atoms with Gasteiger partial charge in [-0.05, 0) is 24.3 Å². The smallest absolute Gasteiger partial charge is 0.328 e. The molecule has 0 aromatic heterocycles. The van der Waals surface area contributed by atoms with Crippen molar-refractivity contribution in [3.63, 3.8) is 0 Å². The lowest BCUT2D eigenvalue weighted by Crippen LogP contribution is -2.31. The van der Waals surface area contributed by atoms with Gasteiger partial charge in [-0.3, -0.25) is 9.59 Å². The first-order valence-electron chi connectivity index (χ1n) is 5.63. The Morgan fingerprint density at radius 1 is 1.35 bits per heavy atom. The number of nitrogens with one attached hydrogen (secondary N) is 2. The number of benzene rings is 1. The molecule has 0 spiro atoms. The molecule has 1 rings (SSSR count). The molecule has 1 aromatic rings. The SMILES string of the molecule is CC(=O)NCC(=O)Nc1ccc(C=CC(=O)O)c(F)c1. The summed E-state index contributed by atoms with van der Waals surface area (Å²) in [6, 6.07) is 3.83. The van der Waals surface area contributed by atoms with Crippen LogP contribution < -0.4 is 10.6 Å². The van der Waals surface area contributed by atoms with Crippen LogP contribution in [0.1, 0.15) is 12.5 Å². The van der Waals surface area contributed by atoms with E-state index in [2.05, 4.69) is 10.6 Å². The van der Waals surface area contributed by atoms with Gasteiger partial charge in [-0.1, -0.05) is 0 Å². The molecule has 0 radical (unpaired) electrons. The van der Waals surface area contributed by atoms with Crippen LogP contribution in [0.25, 0.3) is 6.08 Å². The fourth-order valence-corrected chi connectivity index (χ4v) is 1.31. The summed E-state index contributed by atoms with van der Waals surface area (Å²) in [6.07, 6.45) is 1.92. The number of carbonyl (C=O) groups is 3. The van der Waals surface area contributed by atoms with Gasteiger partial charge in [-0.15, -0.1) is 0 Å². The quantitative estimate of drug-likeness (QED) is 0.701. The third kappa shape index (κ3) is 5.30. The molecular weight excluding hydrogens is 267 g/mol. The highest BCUT2D eigenvalue weighted by molar-refractivity contribution is 5.94. The lowest BCUT2D eigenvalue weighted by atomic mass is 10.1. The van der Waals surface area contributed by atoms with Crippen LogP contribution in [-0.4, -0.2) is 29.4 Å². The Kier molecular flexibility index (Phi) is 5.40. The first kappa shape index (κ1) is 15.4. The second-order valence-electron chi connectivity index (χ2n) is 3.87. The second-order valence-corrected chi connectivity index (χ2v) is 3.87. The van der Waals surface area contributed by atoms with Crippen molar-refractivity contribution in [3.8, 4) is 0 Å². The number of halogens is 1. The third-order valence-corrected chi connectivity index (χ3v) is 2.19. The highest BCUT2D eigenvalue weighted by atomic mass is 19.1. The van der Waals surface area contributed by atoms with Crippen LogP contribution in [0.3, 0.4) is 0 Å². The minimum absolute atomic E-state index is 0.0901. The molecule has 0 saturated heterocycles. The summed E-state index contributed by atoms with van der Waals surface area (Å²) in [5.74, 6) is -2.69. The van der Waals surface area contributed by atoms with Gasteiger partial charge >= 0.3 is 5.97 Å². The standard InChI is InChI=1S/C13H13FN2O4/c1-8(17)15-7-12(18)16-10-4-2-9(11(14)6-10)3-5-13(19)20/h2-6H,7H2,1H3,(H,15,17)(H,16,18)(H,19,20). The van der Waals surface area contributed by atoms with E-state index in [1.165, 1.54) is 19.1 Å². The first-order chi connectivity index (χ1) is 9.38. The first-order valence-corrected chi connectivity index (χ1v) is 5.63. The molecule has 0 heterocycles. The average molecular weight is 280 g/mol. The van der Waals surface area contributed by atoms with Crippen LogP contribution in [0.2, 0.25) is 0 Å². The number of carboxylic acids is 1. The molecule has 1 aromatic carbocycles. The number of hydrogen-bond donors (Lipinski definition) is 3. The number of hydrogen-bond acceptors (Lipinski definition) is 3. The minimum atomic E-state index is -1.18. The Balaban J connectivity index is 2.70. The summed E-state index contributed by atoms with van der Waals surface area (Å²) in [7, 11) is 0. The van der Waals surface area contributed by atoms with E-state index in [9.17, 15) is 18.8 Å². The highest BCUT2D eigenvalue weighted by Crippen LogP contribution is 2.15. The topological polar surface area (TPSA) is 95.5 Å². The molecule has 0 aliphatic heterocycles.